The van der Waals surface area contributed by atoms with E-state index in [9.17, 15) is 4.79 Å². The number of carbonyl (C=O) groups is 1. The van der Waals surface area contributed by atoms with Gasteiger partial charge >= 0.3 is 5.97 Å². The zero-order valence-electron chi connectivity index (χ0n) is 10.8. The average Bonchev–Trinajstić information content (AvgIpc) is 2.90. The van der Waals surface area contributed by atoms with Gasteiger partial charge in [0.25, 0.3) is 0 Å². The molecule has 3 rings (SSSR count). The number of esters is 1. The summed E-state index contributed by atoms with van der Waals surface area (Å²) in [5.41, 5.74) is 2.93. The Morgan fingerprint density at radius 1 is 1.37 bits per heavy atom. The van der Waals surface area contributed by atoms with Gasteiger partial charge in [0, 0.05) is 17.5 Å². The lowest BCUT2D eigenvalue weighted by molar-refractivity contribution is -0.145. The average molecular weight is 257 g/mol. The second-order valence-electron chi connectivity index (χ2n) is 4.76. The smallest absolute Gasteiger partial charge is 0.309 e. The summed E-state index contributed by atoms with van der Waals surface area (Å²) in [6.07, 6.45) is 2.16. The van der Waals surface area contributed by atoms with E-state index < -0.39 is 0 Å². The number of aromatic nitrogens is 1. The molecule has 1 atom stereocenters. The number of ether oxygens (including phenoxy) is 1. The Bertz CT molecular complexity index is 589. The Balaban J connectivity index is 1.95. The molecule has 0 radical (unpaired) electrons. The van der Waals surface area contributed by atoms with Gasteiger partial charge in [-0.15, -0.1) is 0 Å². The van der Waals surface area contributed by atoms with Gasteiger partial charge in [-0.25, -0.2) is 0 Å². The fourth-order valence-corrected chi connectivity index (χ4v) is 2.59. The monoisotopic (exact) mass is 257 g/mol. The molecule has 1 aromatic heterocycles. The van der Waals surface area contributed by atoms with Gasteiger partial charge in [-0.3, -0.25) is 4.79 Å². The van der Waals surface area contributed by atoms with Gasteiger partial charge in [0.15, 0.2) is 0 Å². The van der Waals surface area contributed by atoms with E-state index in [-0.39, 0.29) is 11.9 Å². The number of hydrogen-bond donors (Lipinski definition) is 0. The van der Waals surface area contributed by atoms with Crippen LogP contribution in [0.4, 0.5) is 0 Å². The number of benzene rings is 1. The molecule has 19 heavy (non-hydrogen) atoms. The van der Waals surface area contributed by atoms with Crippen LogP contribution in [0.5, 0.6) is 0 Å². The molecule has 0 saturated heterocycles. The summed E-state index contributed by atoms with van der Waals surface area (Å²) in [5.74, 6) is 0.671. The summed E-state index contributed by atoms with van der Waals surface area (Å²) in [4.78, 5) is 11.7. The summed E-state index contributed by atoms with van der Waals surface area (Å²) in [6, 6.07) is 9.90. The zero-order valence-corrected chi connectivity index (χ0v) is 10.8. The van der Waals surface area contributed by atoms with Crippen LogP contribution in [0.2, 0.25) is 0 Å². The number of carbonyl (C=O) groups excluding carboxylic acids is 1. The van der Waals surface area contributed by atoms with Crippen LogP contribution in [-0.2, 0) is 22.4 Å². The quantitative estimate of drug-likeness (QED) is 0.776. The molecule has 2 aromatic rings. The third kappa shape index (κ3) is 2.14. The number of rotatable bonds is 2. The van der Waals surface area contributed by atoms with Gasteiger partial charge in [-0.1, -0.05) is 35.5 Å². The van der Waals surface area contributed by atoms with E-state index in [0.29, 0.717) is 6.42 Å². The van der Waals surface area contributed by atoms with Crippen molar-refractivity contribution in [1.82, 2.24) is 5.16 Å². The number of aryl methyl sites for hydroxylation is 1. The lowest BCUT2D eigenvalue weighted by Crippen LogP contribution is -2.23. The molecule has 1 heterocycles. The van der Waals surface area contributed by atoms with Crippen LogP contribution in [0.15, 0.2) is 34.9 Å². The first-order valence-electron chi connectivity index (χ1n) is 6.40. The van der Waals surface area contributed by atoms with Crippen LogP contribution in [0.25, 0.3) is 11.3 Å². The summed E-state index contributed by atoms with van der Waals surface area (Å²) < 4.78 is 10.2. The van der Waals surface area contributed by atoms with Crippen molar-refractivity contribution in [2.24, 2.45) is 5.92 Å². The standard InChI is InChI=1S/C15H15NO3/c1-18-15(17)11-7-8-13-12(9-11)14(16-19-13)10-5-3-2-4-6-10/h2-6,11H,7-9H2,1H3. The molecule has 0 N–H and O–H groups in total. The van der Waals surface area contributed by atoms with E-state index in [2.05, 4.69) is 5.16 Å². The first-order chi connectivity index (χ1) is 9.29. The summed E-state index contributed by atoms with van der Waals surface area (Å²) in [6.45, 7) is 0. The molecular formula is C15H15NO3. The van der Waals surface area contributed by atoms with Gasteiger partial charge in [-0.2, -0.15) is 0 Å². The zero-order chi connectivity index (χ0) is 13.2. The molecular weight excluding hydrogens is 242 g/mol. The highest BCUT2D eigenvalue weighted by molar-refractivity contribution is 5.74. The van der Waals surface area contributed by atoms with Crippen molar-refractivity contribution in [2.45, 2.75) is 19.3 Å². The number of methoxy groups -OCH3 is 1. The van der Waals surface area contributed by atoms with Crippen LogP contribution in [0, 0.1) is 5.92 Å². The highest BCUT2D eigenvalue weighted by Crippen LogP contribution is 2.33. The van der Waals surface area contributed by atoms with Crippen LogP contribution in [-0.4, -0.2) is 18.2 Å². The molecule has 0 fully saturated rings. The van der Waals surface area contributed by atoms with Crippen molar-refractivity contribution in [2.75, 3.05) is 7.11 Å². The van der Waals surface area contributed by atoms with Crippen molar-refractivity contribution in [1.29, 1.82) is 0 Å². The number of hydrogen-bond acceptors (Lipinski definition) is 4. The minimum Gasteiger partial charge on any atom is -0.469 e. The molecule has 98 valence electrons. The Morgan fingerprint density at radius 2 is 2.16 bits per heavy atom. The Hall–Kier alpha value is -2.10. The minimum atomic E-state index is -0.147. The van der Waals surface area contributed by atoms with Crippen LogP contribution >= 0.6 is 0 Å². The van der Waals surface area contributed by atoms with E-state index in [1.54, 1.807) is 0 Å². The van der Waals surface area contributed by atoms with Gasteiger partial charge < -0.3 is 9.26 Å². The van der Waals surface area contributed by atoms with Gasteiger partial charge in [0.1, 0.15) is 11.5 Å². The molecule has 0 amide bonds. The lowest BCUT2D eigenvalue weighted by atomic mass is 9.86. The van der Waals surface area contributed by atoms with Crippen molar-refractivity contribution in [3.05, 3.63) is 41.7 Å². The molecule has 1 aliphatic rings. The highest BCUT2D eigenvalue weighted by Gasteiger charge is 2.30. The van der Waals surface area contributed by atoms with Crippen molar-refractivity contribution >= 4 is 5.97 Å². The molecule has 4 nitrogen and oxygen atoms in total. The van der Waals surface area contributed by atoms with E-state index in [1.165, 1.54) is 7.11 Å². The molecule has 0 bridgehead atoms. The SMILES string of the molecule is COC(=O)C1CCc2onc(-c3ccccc3)c2C1. The predicted octanol–water partition coefficient (Wildman–Crippen LogP) is 2.62. The second-order valence-corrected chi connectivity index (χ2v) is 4.76. The summed E-state index contributed by atoms with van der Waals surface area (Å²) in [5, 5.41) is 4.16. The Morgan fingerprint density at radius 3 is 2.89 bits per heavy atom. The summed E-state index contributed by atoms with van der Waals surface area (Å²) in [7, 11) is 1.43. The first-order valence-corrected chi connectivity index (χ1v) is 6.40. The predicted molar refractivity (Wildman–Crippen MR) is 69.5 cm³/mol. The molecule has 4 heteroatoms. The minimum absolute atomic E-state index is 0.0839. The maximum Gasteiger partial charge on any atom is 0.309 e. The first kappa shape index (κ1) is 12.0. The van der Waals surface area contributed by atoms with Gasteiger partial charge in [0.2, 0.25) is 0 Å². The molecule has 0 saturated carbocycles. The fraction of sp³-hybridized carbons (Fsp3) is 0.333. The van der Waals surface area contributed by atoms with Crippen LogP contribution in [0.1, 0.15) is 17.7 Å². The van der Waals surface area contributed by atoms with E-state index >= 15 is 0 Å². The lowest BCUT2D eigenvalue weighted by Gasteiger charge is -2.18. The van der Waals surface area contributed by atoms with E-state index in [1.807, 2.05) is 30.3 Å². The fourth-order valence-electron chi connectivity index (χ4n) is 2.59. The molecule has 0 aliphatic heterocycles. The molecule has 1 aromatic carbocycles. The van der Waals surface area contributed by atoms with Crippen LogP contribution in [0.3, 0.4) is 0 Å². The Kier molecular flexibility index (Phi) is 3.07. The van der Waals surface area contributed by atoms with Gasteiger partial charge in [0.05, 0.1) is 13.0 Å². The summed E-state index contributed by atoms with van der Waals surface area (Å²) >= 11 is 0. The second kappa shape index (κ2) is 4.88. The molecule has 1 aliphatic carbocycles. The maximum atomic E-state index is 11.7. The van der Waals surface area contributed by atoms with Crippen molar-refractivity contribution in [3.63, 3.8) is 0 Å². The number of nitrogens with zero attached hydrogens (tertiary/aromatic N) is 1. The number of fused-ring (bicyclic) bond motifs is 1. The van der Waals surface area contributed by atoms with E-state index in [0.717, 1.165) is 35.4 Å². The highest BCUT2D eigenvalue weighted by atomic mass is 16.5. The Labute approximate surface area is 111 Å². The van der Waals surface area contributed by atoms with Crippen LogP contribution < -0.4 is 0 Å². The molecule has 1 unspecified atom stereocenters. The van der Waals surface area contributed by atoms with Gasteiger partial charge in [-0.05, 0) is 12.8 Å². The third-order valence-corrected chi connectivity index (χ3v) is 3.62. The maximum absolute atomic E-state index is 11.7. The third-order valence-electron chi connectivity index (χ3n) is 3.62. The van der Waals surface area contributed by atoms with Crippen molar-refractivity contribution in [3.8, 4) is 11.3 Å². The normalized spacial score (nSPS) is 17.8. The van der Waals surface area contributed by atoms with E-state index in [4.69, 9.17) is 9.26 Å². The topological polar surface area (TPSA) is 52.3 Å². The largest absolute Gasteiger partial charge is 0.469 e. The molecule has 0 spiro atoms. The van der Waals surface area contributed by atoms with Crippen molar-refractivity contribution < 1.29 is 14.1 Å².